The van der Waals surface area contributed by atoms with Crippen molar-refractivity contribution in [2.45, 2.75) is 36.0 Å². The maximum Gasteiger partial charge on any atom is 0.394 e. The van der Waals surface area contributed by atoms with Crippen molar-refractivity contribution in [1.29, 1.82) is 0 Å². The van der Waals surface area contributed by atoms with Gasteiger partial charge in [0.05, 0.1) is 5.92 Å². The smallest absolute Gasteiger partial charge is 0.394 e. The van der Waals surface area contributed by atoms with Crippen LogP contribution in [0.5, 0.6) is 5.06 Å². The molecule has 126 valence electrons. The summed E-state index contributed by atoms with van der Waals surface area (Å²) >= 11 is 0.623. The Morgan fingerprint density at radius 1 is 1.45 bits per heavy atom. The highest BCUT2D eigenvalue weighted by molar-refractivity contribution is 7.92. The lowest BCUT2D eigenvalue weighted by atomic mass is 10.2. The van der Waals surface area contributed by atoms with Gasteiger partial charge >= 0.3 is 6.18 Å². The van der Waals surface area contributed by atoms with Crippen LogP contribution in [0.4, 0.5) is 17.6 Å². The summed E-state index contributed by atoms with van der Waals surface area (Å²) in [6.07, 6.45) is -7.13. The number of hydrogen-bond acceptors (Lipinski definition) is 5. The van der Waals surface area contributed by atoms with Crippen molar-refractivity contribution in [2.24, 2.45) is 5.92 Å². The van der Waals surface area contributed by atoms with Gasteiger partial charge in [0.2, 0.25) is 0 Å². The van der Waals surface area contributed by atoms with Crippen LogP contribution in [0.25, 0.3) is 0 Å². The first-order valence-electron chi connectivity index (χ1n) is 6.30. The van der Waals surface area contributed by atoms with Crippen LogP contribution in [0.15, 0.2) is 4.21 Å². The lowest BCUT2D eigenvalue weighted by Gasteiger charge is -2.15. The summed E-state index contributed by atoms with van der Waals surface area (Å²) in [4.78, 5) is 0. The van der Waals surface area contributed by atoms with Crippen LogP contribution < -0.4 is 4.74 Å². The van der Waals surface area contributed by atoms with E-state index in [4.69, 9.17) is 4.74 Å². The molecular formula is C12H14F4O4S2. The molecule has 0 spiro atoms. The molecule has 1 aliphatic rings. The highest BCUT2D eigenvalue weighted by Crippen LogP contribution is 2.48. The van der Waals surface area contributed by atoms with E-state index in [-0.39, 0.29) is 26.8 Å². The highest BCUT2D eigenvalue weighted by Gasteiger charge is 2.41. The fourth-order valence-corrected chi connectivity index (χ4v) is 4.54. The third-order valence-corrected chi connectivity index (χ3v) is 6.38. The topological polar surface area (TPSA) is 63.6 Å². The monoisotopic (exact) mass is 362 g/mol. The molecule has 1 aromatic rings. The Bertz CT molecular complexity index is 665. The van der Waals surface area contributed by atoms with Crippen LogP contribution in [-0.2, 0) is 16.3 Å². The van der Waals surface area contributed by atoms with Crippen molar-refractivity contribution in [3.05, 3.63) is 11.1 Å². The zero-order valence-corrected chi connectivity index (χ0v) is 13.3. The first kappa shape index (κ1) is 17.5. The Labute approximate surface area is 128 Å². The fourth-order valence-electron chi connectivity index (χ4n) is 2.10. The summed E-state index contributed by atoms with van der Waals surface area (Å²) in [6, 6.07) is 0. The zero-order valence-electron chi connectivity index (χ0n) is 11.6. The Balaban J connectivity index is 2.33. The standard InChI is InChI=1S/C12H14F4O4S2/c1-5(12(14,15)16)4-20-10-6-3-7(13)9(17)8(6)11(21-10)22(2,18)19/h5,7,9,17H,3-4H2,1-2H3/t5-,7-,9-/m1/s1. The number of alkyl halides is 4. The van der Waals surface area contributed by atoms with Gasteiger partial charge in [0.15, 0.2) is 14.9 Å². The minimum absolute atomic E-state index is 0.0780. The molecule has 0 fully saturated rings. The second-order valence-corrected chi connectivity index (χ2v) is 8.45. The van der Waals surface area contributed by atoms with Crippen LogP contribution in [0.1, 0.15) is 24.2 Å². The number of halogens is 4. The van der Waals surface area contributed by atoms with Crippen LogP contribution in [-0.4, -0.2) is 38.7 Å². The van der Waals surface area contributed by atoms with Gasteiger partial charge in [0.1, 0.15) is 23.1 Å². The number of aliphatic hydroxyl groups excluding tert-OH is 1. The number of aliphatic hydroxyl groups is 1. The average molecular weight is 362 g/mol. The third-order valence-electron chi connectivity index (χ3n) is 3.37. The van der Waals surface area contributed by atoms with Crippen molar-refractivity contribution in [2.75, 3.05) is 12.9 Å². The molecule has 0 amide bonds. The lowest BCUT2D eigenvalue weighted by molar-refractivity contribution is -0.176. The maximum atomic E-state index is 13.6. The van der Waals surface area contributed by atoms with E-state index in [1.165, 1.54) is 0 Å². The van der Waals surface area contributed by atoms with Gasteiger partial charge in [-0.25, -0.2) is 12.8 Å². The van der Waals surface area contributed by atoms with E-state index in [1.54, 1.807) is 0 Å². The van der Waals surface area contributed by atoms with Gasteiger partial charge in [-0.05, 0) is 0 Å². The molecule has 0 aliphatic heterocycles. The van der Waals surface area contributed by atoms with Gasteiger partial charge < -0.3 is 9.84 Å². The Hall–Kier alpha value is -0.870. The number of thiophene rings is 1. The Morgan fingerprint density at radius 2 is 2.05 bits per heavy atom. The van der Waals surface area contributed by atoms with E-state index in [1.807, 2.05) is 0 Å². The molecule has 0 unspecified atom stereocenters. The number of ether oxygens (including phenoxy) is 1. The predicted octanol–water partition coefficient (Wildman–Crippen LogP) is 2.66. The molecule has 10 heteroatoms. The number of rotatable bonds is 4. The van der Waals surface area contributed by atoms with Crippen molar-refractivity contribution in [3.63, 3.8) is 0 Å². The highest BCUT2D eigenvalue weighted by atomic mass is 32.2. The van der Waals surface area contributed by atoms with Crippen LogP contribution >= 0.6 is 11.3 Å². The number of fused-ring (bicyclic) bond motifs is 1. The summed E-state index contributed by atoms with van der Waals surface area (Å²) in [5.74, 6) is -1.75. The van der Waals surface area contributed by atoms with Crippen molar-refractivity contribution in [3.8, 4) is 5.06 Å². The lowest BCUT2D eigenvalue weighted by Crippen LogP contribution is -2.25. The second kappa shape index (κ2) is 5.64. The maximum absolute atomic E-state index is 13.6. The van der Waals surface area contributed by atoms with Crippen molar-refractivity contribution in [1.82, 2.24) is 0 Å². The van der Waals surface area contributed by atoms with E-state index in [9.17, 15) is 31.1 Å². The molecule has 0 aromatic carbocycles. The average Bonchev–Trinajstić information content (AvgIpc) is 2.84. The summed E-state index contributed by atoms with van der Waals surface area (Å²) < 4.78 is 79.2. The molecule has 1 aliphatic carbocycles. The summed E-state index contributed by atoms with van der Waals surface area (Å²) in [5, 5.41) is 9.67. The molecule has 22 heavy (non-hydrogen) atoms. The predicted molar refractivity (Wildman–Crippen MR) is 71.7 cm³/mol. The molecule has 1 heterocycles. The summed E-state index contributed by atoms with van der Waals surface area (Å²) in [7, 11) is -3.74. The minimum atomic E-state index is -4.44. The van der Waals surface area contributed by atoms with E-state index in [0.29, 0.717) is 11.3 Å². The molecule has 0 bridgehead atoms. The molecule has 0 saturated heterocycles. The number of sulfone groups is 1. The molecule has 2 rings (SSSR count). The first-order valence-corrected chi connectivity index (χ1v) is 9.01. The van der Waals surface area contributed by atoms with E-state index >= 15 is 0 Å². The second-order valence-electron chi connectivity index (χ2n) is 5.26. The van der Waals surface area contributed by atoms with Crippen LogP contribution in [0.3, 0.4) is 0 Å². The SMILES string of the molecule is C[C@H](COc1sc(S(C)(=O)=O)c2c1C[C@@H](F)[C@H]2O)C(F)(F)F. The van der Waals surface area contributed by atoms with Gasteiger partial charge in [-0.1, -0.05) is 18.3 Å². The van der Waals surface area contributed by atoms with Crippen molar-refractivity contribution < 1.29 is 35.8 Å². The molecule has 1 N–H and O–H groups in total. The minimum Gasteiger partial charge on any atom is -0.483 e. The summed E-state index contributed by atoms with van der Waals surface area (Å²) in [5.41, 5.74) is 0.0504. The normalized spacial score (nSPS) is 23.4. The Morgan fingerprint density at radius 3 is 2.55 bits per heavy atom. The zero-order chi connectivity index (χ0) is 16.9. The van der Waals surface area contributed by atoms with E-state index in [0.717, 1.165) is 13.2 Å². The Kier molecular flexibility index (Phi) is 4.48. The van der Waals surface area contributed by atoms with Crippen LogP contribution in [0, 0.1) is 5.92 Å². The molecule has 3 atom stereocenters. The summed E-state index contributed by atoms with van der Waals surface area (Å²) in [6.45, 7) is 0.227. The van der Waals surface area contributed by atoms with Gasteiger partial charge in [0.25, 0.3) is 0 Å². The number of hydrogen-bond donors (Lipinski definition) is 1. The molecule has 4 nitrogen and oxygen atoms in total. The van der Waals surface area contributed by atoms with Gasteiger partial charge in [0, 0.05) is 23.8 Å². The molecule has 0 radical (unpaired) electrons. The van der Waals surface area contributed by atoms with Gasteiger partial charge in [-0.3, -0.25) is 0 Å². The van der Waals surface area contributed by atoms with Crippen LogP contribution in [0.2, 0.25) is 0 Å². The fraction of sp³-hybridized carbons (Fsp3) is 0.667. The van der Waals surface area contributed by atoms with Gasteiger partial charge in [-0.2, -0.15) is 13.2 Å². The van der Waals surface area contributed by atoms with E-state index < -0.39 is 40.8 Å². The third kappa shape index (κ3) is 3.23. The quantitative estimate of drug-likeness (QED) is 0.837. The molecule has 0 saturated carbocycles. The molecule has 1 aromatic heterocycles. The molecular weight excluding hydrogens is 348 g/mol. The van der Waals surface area contributed by atoms with E-state index in [2.05, 4.69) is 0 Å². The first-order chi connectivity index (χ1) is 9.93. The largest absolute Gasteiger partial charge is 0.483 e. The van der Waals surface area contributed by atoms with Crippen molar-refractivity contribution >= 4 is 21.2 Å². The van der Waals surface area contributed by atoms with Gasteiger partial charge in [-0.15, -0.1) is 0 Å².